The lowest BCUT2D eigenvalue weighted by molar-refractivity contribution is -0.112. The van der Waals surface area contributed by atoms with E-state index >= 15 is 0 Å². The first-order chi connectivity index (χ1) is 7.95. The van der Waals surface area contributed by atoms with Crippen LogP contribution < -0.4 is 5.32 Å². The molecule has 0 aromatic heterocycles. The van der Waals surface area contributed by atoms with E-state index in [1.807, 2.05) is 0 Å². The van der Waals surface area contributed by atoms with Crippen LogP contribution in [0.1, 0.15) is 6.92 Å². The van der Waals surface area contributed by atoms with Crippen molar-refractivity contribution in [3.05, 3.63) is 38.5 Å². The van der Waals surface area contributed by atoms with Gasteiger partial charge in [-0.1, -0.05) is 15.9 Å². The molecule has 0 heterocycles. The molecule has 0 saturated heterocycles. The van der Waals surface area contributed by atoms with Crippen molar-refractivity contribution in [2.45, 2.75) is 6.92 Å². The van der Waals surface area contributed by atoms with Gasteiger partial charge in [0.05, 0.1) is 5.69 Å². The van der Waals surface area contributed by atoms with Crippen LogP contribution in [0.2, 0.25) is 0 Å². The molecule has 0 aliphatic heterocycles. The summed E-state index contributed by atoms with van der Waals surface area (Å²) >= 11 is 6.56. The highest BCUT2D eigenvalue weighted by atomic mass is 79.9. The smallest absolute Gasteiger partial charge is 0.269 e. The van der Waals surface area contributed by atoms with Crippen LogP contribution in [0.15, 0.2) is 38.5 Å². The average molecular weight is 360 g/mol. The topological polar surface area (TPSA) is 73.1 Å². The molecular weight excluding hydrogens is 352 g/mol. The van der Waals surface area contributed by atoms with Gasteiger partial charge in [-0.3, -0.25) is 4.79 Å². The second kappa shape index (κ2) is 5.84. The highest BCUT2D eigenvalue weighted by Gasteiger charge is 2.13. The number of halogens is 2. The molecule has 0 bridgehead atoms. The third-order valence-electron chi connectivity index (χ3n) is 1.88. The summed E-state index contributed by atoms with van der Waals surface area (Å²) in [6.07, 6.45) is 0. The Labute approximate surface area is 115 Å². The molecular formula is C11H8Br2N2O2. The highest BCUT2D eigenvalue weighted by Crippen LogP contribution is 2.26. The highest BCUT2D eigenvalue weighted by molar-refractivity contribution is 9.11. The lowest BCUT2D eigenvalue weighted by atomic mass is 10.2. The molecule has 17 heavy (non-hydrogen) atoms. The summed E-state index contributed by atoms with van der Waals surface area (Å²) < 4.78 is 1.53. The van der Waals surface area contributed by atoms with Crippen molar-refractivity contribution in [2.75, 3.05) is 5.32 Å². The zero-order valence-electron chi connectivity index (χ0n) is 8.79. The Morgan fingerprint density at radius 3 is 2.59 bits per heavy atom. The number of carbonyl (C=O) groups is 1. The van der Waals surface area contributed by atoms with Crippen LogP contribution in [0.25, 0.3) is 0 Å². The van der Waals surface area contributed by atoms with Crippen LogP contribution in [0.4, 0.5) is 5.69 Å². The summed E-state index contributed by atoms with van der Waals surface area (Å²) in [4.78, 5) is 11.6. The van der Waals surface area contributed by atoms with Gasteiger partial charge in [0.25, 0.3) is 5.91 Å². The second-order valence-electron chi connectivity index (χ2n) is 3.15. The SMILES string of the molecule is C/C(O)=C(\C#N)C(=O)Nc1ccc(Br)cc1Br. The van der Waals surface area contributed by atoms with Gasteiger partial charge in [0.15, 0.2) is 5.57 Å². The molecule has 4 nitrogen and oxygen atoms in total. The van der Waals surface area contributed by atoms with E-state index < -0.39 is 5.91 Å². The minimum atomic E-state index is -0.643. The quantitative estimate of drug-likeness (QED) is 0.482. The maximum Gasteiger partial charge on any atom is 0.269 e. The fourth-order valence-corrected chi connectivity index (χ4v) is 2.22. The number of aliphatic hydroxyl groups excluding tert-OH is 1. The van der Waals surface area contributed by atoms with Crippen LogP contribution in [0.3, 0.4) is 0 Å². The number of nitriles is 1. The van der Waals surface area contributed by atoms with Gasteiger partial charge in [0.1, 0.15) is 11.8 Å². The van der Waals surface area contributed by atoms with Gasteiger partial charge in [0.2, 0.25) is 0 Å². The minimum absolute atomic E-state index is 0.306. The molecule has 1 aromatic rings. The number of allylic oxidation sites excluding steroid dienone is 1. The summed E-state index contributed by atoms with van der Waals surface area (Å²) in [6, 6.07) is 6.83. The van der Waals surface area contributed by atoms with Gasteiger partial charge in [-0.05, 0) is 41.1 Å². The molecule has 0 unspecified atom stereocenters. The fourth-order valence-electron chi connectivity index (χ4n) is 1.07. The molecule has 0 atom stereocenters. The monoisotopic (exact) mass is 358 g/mol. The Kier molecular flexibility index (Phi) is 4.73. The number of aliphatic hydroxyl groups is 1. The number of nitrogens with one attached hydrogen (secondary N) is 1. The van der Waals surface area contributed by atoms with E-state index in [9.17, 15) is 4.79 Å². The van der Waals surface area contributed by atoms with E-state index in [0.29, 0.717) is 10.2 Å². The number of hydrogen-bond acceptors (Lipinski definition) is 3. The number of nitrogens with zero attached hydrogens (tertiary/aromatic N) is 1. The van der Waals surface area contributed by atoms with Crippen molar-refractivity contribution >= 4 is 43.5 Å². The Bertz CT molecular complexity index is 529. The van der Waals surface area contributed by atoms with Gasteiger partial charge in [0, 0.05) is 8.95 Å². The van der Waals surface area contributed by atoms with E-state index in [2.05, 4.69) is 37.2 Å². The Morgan fingerprint density at radius 1 is 1.47 bits per heavy atom. The first-order valence-corrected chi connectivity index (χ1v) is 6.10. The van der Waals surface area contributed by atoms with Crippen molar-refractivity contribution in [2.24, 2.45) is 0 Å². The minimum Gasteiger partial charge on any atom is -0.511 e. The summed E-state index contributed by atoms with van der Waals surface area (Å²) in [5.41, 5.74) is 0.215. The van der Waals surface area contributed by atoms with E-state index in [1.54, 1.807) is 24.3 Å². The molecule has 0 spiro atoms. The summed E-state index contributed by atoms with van der Waals surface area (Å²) in [5, 5.41) is 20.4. The molecule has 2 N–H and O–H groups in total. The first kappa shape index (κ1) is 13.7. The zero-order chi connectivity index (χ0) is 13.0. The third kappa shape index (κ3) is 3.58. The van der Waals surface area contributed by atoms with Crippen LogP contribution in [-0.4, -0.2) is 11.0 Å². The van der Waals surface area contributed by atoms with E-state index in [0.717, 1.165) is 4.47 Å². The molecule has 1 amide bonds. The largest absolute Gasteiger partial charge is 0.511 e. The number of rotatable bonds is 2. The molecule has 88 valence electrons. The molecule has 0 saturated carbocycles. The van der Waals surface area contributed by atoms with Crippen molar-refractivity contribution in [1.29, 1.82) is 5.26 Å². The molecule has 0 radical (unpaired) electrons. The van der Waals surface area contributed by atoms with Crippen LogP contribution in [-0.2, 0) is 4.79 Å². The normalized spacial score (nSPS) is 11.4. The molecule has 1 aromatic carbocycles. The fraction of sp³-hybridized carbons (Fsp3) is 0.0909. The molecule has 0 aliphatic rings. The standard InChI is InChI=1S/C11H8Br2N2O2/c1-6(16)8(5-14)11(17)15-10-3-2-7(12)4-9(10)13/h2-4,16H,1H3,(H,15,17)/b8-6-. The number of amides is 1. The van der Waals surface area contributed by atoms with Crippen molar-refractivity contribution < 1.29 is 9.90 Å². The maximum absolute atomic E-state index is 11.6. The average Bonchev–Trinajstić information content (AvgIpc) is 2.22. The molecule has 0 fully saturated rings. The van der Waals surface area contributed by atoms with Crippen molar-refractivity contribution in [1.82, 2.24) is 0 Å². The van der Waals surface area contributed by atoms with Crippen LogP contribution in [0, 0.1) is 11.3 Å². The molecule has 6 heteroatoms. The lowest BCUT2D eigenvalue weighted by Crippen LogP contribution is -2.15. The van der Waals surface area contributed by atoms with Gasteiger partial charge in [-0.15, -0.1) is 0 Å². The van der Waals surface area contributed by atoms with Gasteiger partial charge < -0.3 is 10.4 Å². The van der Waals surface area contributed by atoms with Crippen molar-refractivity contribution in [3.63, 3.8) is 0 Å². The molecule has 1 rings (SSSR count). The van der Waals surface area contributed by atoms with Gasteiger partial charge >= 0.3 is 0 Å². The van der Waals surface area contributed by atoms with E-state index in [1.165, 1.54) is 6.92 Å². The van der Waals surface area contributed by atoms with E-state index in [4.69, 9.17) is 10.4 Å². The summed E-state index contributed by atoms with van der Waals surface area (Å²) in [6.45, 7) is 1.29. The Morgan fingerprint density at radius 2 is 2.12 bits per heavy atom. The maximum atomic E-state index is 11.6. The summed E-state index contributed by atoms with van der Waals surface area (Å²) in [7, 11) is 0. The Hall–Kier alpha value is -1.32. The Balaban J connectivity index is 2.97. The van der Waals surface area contributed by atoms with E-state index in [-0.39, 0.29) is 11.3 Å². The number of anilines is 1. The van der Waals surface area contributed by atoms with Crippen molar-refractivity contribution in [3.8, 4) is 6.07 Å². The third-order valence-corrected chi connectivity index (χ3v) is 3.03. The first-order valence-electron chi connectivity index (χ1n) is 4.52. The molecule has 0 aliphatic carbocycles. The van der Waals surface area contributed by atoms with Gasteiger partial charge in [-0.2, -0.15) is 5.26 Å². The zero-order valence-corrected chi connectivity index (χ0v) is 12.0. The number of benzene rings is 1. The van der Waals surface area contributed by atoms with Crippen LogP contribution in [0.5, 0.6) is 0 Å². The van der Waals surface area contributed by atoms with Crippen LogP contribution >= 0.6 is 31.9 Å². The predicted octanol–water partition coefficient (Wildman–Crippen LogP) is 3.51. The second-order valence-corrected chi connectivity index (χ2v) is 4.92. The summed E-state index contributed by atoms with van der Waals surface area (Å²) in [5.74, 6) is -0.950. The number of carbonyl (C=O) groups excluding carboxylic acids is 1. The lowest BCUT2D eigenvalue weighted by Gasteiger charge is -2.07. The predicted molar refractivity (Wildman–Crippen MR) is 71.4 cm³/mol. The number of hydrogen-bond donors (Lipinski definition) is 2. The van der Waals surface area contributed by atoms with Gasteiger partial charge in [-0.25, -0.2) is 0 Å².